The van der Waals surface area contributed by atoms with E-state index in [1.165, 1.54) is 4.90 Å². The molecule has 6 heteroatoms. The molecule has 18 heavy (non-hydrogen) atoms. The summed E-state index contributed by atoms with van der Waals surface area (Å²) < 4.78 is 6.22. The molecule has 0 unspecified atom stereocenters. The summed E-state index contributed by atoms with van der Waals surface area (Å²) in [5, 5.41) is 2.93. The Hall–Kier alpha value is -1.40. The van der Waals surface area contributed by atoms with Gasteiger partial charge in [0.1, 0.15) is 6.10 Å². The summed E-state index contributed by atoms with van der Waals surface area (Å²) >= 11 is 8.31. The second kappa shape index (κ2) is 5.49. The van der Waals surface area contributed by atoms with Gasteiger partial charge in [0.05, 0.1) is 6.54 Å². The average molecular weight is 327 g/mol. The number of hydrogen-bond donors (Lipinski definition) is 1. The van der Waals surface area contributed by atoms with E-state index in [1.54, 1.807) is 18.2 Å². The number of nitrogens with one attached hydrogen (secondary N) is 1. The summed E-state index contributed by atoms with van der Waals surface area (Å²) in [6.45, 7) is 4.01. The Morgan fingerprint density at radius 2 is 2.22 bits per heavy atom. The van der Waals surface area contributed by atoms with Crippen LogP contribution in [0.2, 0.25) is 0 Å². The van der Waals surface area contributed by atoms with Gasteiger partial charge in [-0.05, 0) is 42.6 Å². The number of rotatable bonds is 2. The van der Waals surface area contributed by atoms with Crippen molar-refractivity contribution in [1.29, 1.82) is 0 Å². The molecule has 0 spiro atoms. The molecule has 1 saturated heterocycles. The number of thiocarbonyl (C=S) groups is 1. The number of benzene rings is 1. The van der Waals surface area contributed by atoms with E-state index in [9.17, 15) is 4.79 Å². The van der Waals surface area contributed by atoms with Crippen LogP contribution in [-0.4, -0.2) is 28.8 Å². The maximum Gasteiger partial charge on any atom is 0.329 e. The van der Waals surface area contributed by atoms with Crippen molar-refractivity contribution in [1.82, 2.24) is 4.90 Å². The van der Waals surface area contributed by atoms with Gasteiger partial charge in [-0.15, -0.1) is 0 Å². The second-order valence-electron chi connectivity index (χ2n) is 3.71. The SMILES string of the molecule is C=C[C@@H]1CN(C(=O)Nc2ccc(Br)cc2)C(=S)O1. The van der Waals surface area contributed by atoms with Crippen LogP contribution in [0.25, 0.3) is 0 Å². The van der Waals surface area contributed by atoms with Crippen molar-refractivity contribution in [3.05, 3.63) is 41.4 Å². The molecule has 0 radical (unpaired) electrons. The van der Waals surface area contributed by atoms with E-state index in [1.807, 2.05) is 12.1 Å². The molecule has 1 heterocycles. The number of carbonyl (C=O) groups excluding carboxylic acids is 1. The van der Waals surface area contributed by atoms with E-state index in [-0.39, 0.29) is 17.3 Å². The topological polar surface area (TPSA) is 41.6 Å². The minimum absolute atomic E-state index is 0.175. The highest BCUT2D eigenvalue weighted by atomic mass is 79.9. The van der Waals surface area contributed by atoms with Crippen LogP contribution in [0, 0.1) is 0 Å². The maximum atomic E-state index is 12.0. The Kier molecular flexibility index (Phi) is 3.98. The first-order chi connectivity index (χ1) is 8.60. The fraction of sp³-hybridized carbons (Fsp3) is 0.167. The summed E-state index contributed by atoms with van der Waals surface area (Å²) in [7, 11) is 0. The van der Waals surface area contributed by atoms with E-state index in [0.717, 1.165) is 4.47 Å². The number of halogens is 1. The Balaban J connectivity index is 2.02. The molecule has 1 aliphatic rings. The minimum atomic E-state index is -0.299. The standard InChI is InChI=1S/C12H11BrN2O2S/c1-2-10-7-15(12(18)17-10)11(16)14-9-5-3-8(13)4-6-9/h2-6,10H,1,7H2,(H,14,16)/t10-/m1/s1. The normalized spacial score (nSPS) is 18.4. The lowest BCUT2D eigenvalue weighted by Crippen LogP contribution is -2.35. The van der Waals surface area contributed by atoms with Crippen molar-refractivity contribution in [3.8, 4) is 0 Å². The number of anilines is 1. The van der Waals surface area contributed by atoms with Gasteiger partial charge in [0.2, 0.25) is 0 Å². The highest BCUT2D eigenvalue weighted by molar-refractivity contribution is 9.10. The predicted molar refractivity (Wildman–Crippen MR) is 77.5 cm³/mol. The van der Waals surface area contributed by atoms with Gasteiger partial charge >= 0.3 is 6.03 Å². The monoisotopic (exact) mass is 326 g/mol. The van der Waals surface area contributed by atoms with Crippen molar-refractivity contribution >= 4 is 45.0 Å². The van der Waals surface area contributed by atoms with Gasteiger partial charge in [-0.3, -0.25) is 4.90 Å². The molecule has 1 fully saturated rings. The van der Waals surface area contributed by atoms with Gasteiger partial charge in [-0.1, -0.05) is 22.5 Å². The smallest absolute Gasteiger partial charge is 0.329 e. The van der Waals surface area contributed by atoms with Crippen LogP contribution in [0.3, 0.4) is 0 Å². The minimum Gasteiger partial charge on any atom is -0.461 e. The molecule has 0 bridgehead atoms. The number of nitrogens with zero attached hydrogens (tertiary/aromatic N) is 1. The third-order valence-electron chi connectivity index (χ3n) is 2.44. The fourth-order valence-corrected chi connectivity index (χ4v) is 2.04. The van der Waals surface area contributed by atoms with Crippen LogP contribution in [0.15, 0.2) is 41.4 Å². The van der Waals surface area contributed by atoms with Crippen LogP contribution >= 0.6 is 28.1 Å². The zero-order chi connectivity index (χ0) is 13.1. The largest absolute Gasteiger partial charge is 0.461 e. The maximum absolute atomic E-state index is 12.0. The fourth-order valence-electron chi connectivity index (χ4n) is 1.50. The van der Waals surface area contributed by atoms with Gasteiger partial charge in [-0.2, -0.15) is 0 Å². The number of amides is 2. The summed E-state index contributed by atoms with van der Waals surface area (Å²) in [5.41, 5.74) is 0.702. The number of urea groups is 1. The average Bonchev–Trinajstić information content (AvgIpc) is 2.73. The van der Waals surface area contributed by atoms with Crippen LogP contribution in [0.5, 0.6) is 0 Å². The third-order valence-corrected chi connectivity index (χ3v) is 3.28. The molecule has 1 aromatic carbocycles. The van der Waals surface area contributed by atoms with Gasteiger partial charge < -0.3 is 10.1 Å². The lowest BCUT2D eigenvalue weighted by atomic mass is 10.3. The van der Waals surface area contributed by atoms with Crippen molar-refractivity contribution in [3.63, 3.8) is 0 Å². The van der Waals surface area contributed by atoms with E-state index < -0.39 is 0 Å². The molecular formula is C12H11BrN2O2S. The van der Waals surface area contributed by atoms with Crippen LogP contribution < -0.4 is 5.32 Å². The molecule has 4 nitrogen and oxygen atoms in total. The predicted octanol–water partition coefficient (Wildman–Crippen LogP) is 3.15. The summed E-state index contributed by atoms with van der Waals surface area (Å²) in [5.74, 6) is 0. The molecule has 0 aliphatic carbocycles. The van der Waals surface area contributed by atoms with E-state index >= 15 is 0 Å². The van der Waals surface area contributed by atoms with Gasteiger partial charge in [0.15, 0.2) is 0 Å². The van der Waals surface area contributed by atoms with Gasteiger partial charge in [-0.25, -0.2) is 4.79 Å². The van der Waals surface area contributed by atoms with Crippen molar-refractivity contribution < 1.29 is 9.53 Å². The quantitative estimate of drug-likeness (QED) is 0.670. The molecule has 2 amide bonds. The summed E-state index contributed by atoms with van der Waals surface area (Å²) in [6.07, 6.45) is 1.40. The van der Waals surface area contributed by atoms with E-state index in [2.05, 4.69) is 27.8 Å². The first-order valence-electron chi connectivity index (χ1n) is 5.27. The zero-order valence-corrected chi connectivity index (χ0v) is 11.8. The van der Waals surface area contributed by atoms with Crippen LogP contribution in [0.4, 0.5) is 10.5 Å². The van der Waals surface area contributed by atoms with Crippen molar-refractivity contribution in [2.24, 2.45) is 0 Å². The Morgan fingerprint density at radius 3 is 2.78 bits per heavy atom. The molecule has 0 aromatic heterocycles. The Labute approximate surface area is 119 Å². The zero-order valence-electron chi connectivity index (χ0n) is 9.43. The number of hydrogen-bond acceptors (Lipinski definition) is 3. The lowest BCUT2D eigenvalue weighted by molar-refractivity contribution is 0.236. The summed E-state index contributed by atoms with van der Waals surface area (Å²) in [6, 6.07) is 6.99. The molecule has 2 rings (SSSR count). The highest BCUT2D eigenvalue weighted by Crippen LogP contribution is 2.17. The second-order valence-corrected chi connectivity index (χ2v) is 4.97. The van der Waals surface area contributed by atoms with E-state index in [4.69, 9.17) is 17.0 Å². The van der Waals surface area contributed by atoms with Gasteiger partial charge in [0, 0.05) is 10.2 Å². The molecule has 0 saturated carbocycles. The van der Waals surface area contributed by atoms with Crippen LogP contribution in [-0.2, 0) is 4.74 Å². The summed E-state index contributed by atoms with van der Waals surface area (Å²) in [4.78, 5) is 13.4. The van der Waals surface area contributed by atoms with Crippen molar-refractivity contribution in [2.45, 2.75) is 6.10 Å². The molecular weight excluding hydrogens is 316 g/mol. The third kappa shape index (κ3) is 2.88. The molecule has 1 atom stereocenters. The van der Waals surface area contributed by atoms with Gasteiger partial charge in [0.25, 0.3) is 5.17 Å². The Bertz CT molecular complexity index is 489. The Morgan fingerprint density at radius 1 is 1.56 bits per heavy atom. The van der Waals surface area contributed by atoms with Crippen LogP contribution in [0.1, 0.15) is 0 Å². The number of carbonyl (C=O) groups is 1. The molecule has 1 N–H and O–H groups in total. The first kappa shape index (κ1) is 13.0. The van der Waals surface area contributed by atoms with E-state index in [0.29, 0.717) is 12.2 Å². The molecule has 1 aliphatic heterocycles. The number of ether oxygens (including phenoxy) is 1. The first-order valence-corrected chi connectivity index (χ1v) is 6.47. The van der Waals surface area contributed by atoms with Crippen molar-refractivity contribution in [2.75, 3.05) is 11.9 Å². The lowest BCUT2D eigenvalue weighted by Gasteiger charge is -2.13. The molecule has 94 valence electrons. The molecule has 1 aromatic rings. The highest BCUT2D eigenvalue weighted by Gasteiger charge is 2.30.